The summed E-state index contributed by atoms with van der Waals surface area (Å²) in [6.07, 6.45) is 4.02. The van der Waals surface area contributed by atoms with Gasteiger partial charge in [-0.1, -0.05) is 25.1 Å². The second kappa shape index (κ2) is 8.14. The SMILES string of the molecule is CCCc1cc(=O)[nH]c(SCC(=O)N2CCCC[C@H]2C(N)=O)n1. The number of nitrogens with two attached hydrogens (primary N) is 1. The first-order valence-electron chi connectivity index (χ1n) is 7.83. The van der Waals surface area contributed by atoms with Gasteiger partial charge in [0.1, 0.15) is 6.04 Å². The van der Waals surface area contributed by atoms with Gasteiger partial charge in [0.2, 0.25) is 11.8 Å². The zero-order valence-corrected chi connectivity index (χ0v) is 14.0. The number of aromatic amines is 1. The molecule has 2 amide bonds. The molecular weight excluding hydrogens is 316 g/mol. The van der Waals surface area contributed by atoms with E-state index in [2.05, 4.69) is 9.97 Å². The first-order valence-corrected chi connectivity index (χ1v) is 8.81. The fourth-order valence-electron chi connectivity index (χ4n) is 2.67. The lowest BCUT2D eigenvalue weighted by molar-refractivity contribution is -0.138. The fraction of sp³-hybridized carbons (Fsp3) is 0.600. The molecule has 23 heavy (non-hydrogen) atoms. The molecule has 0 saturated carbocycles. The van der Waals surface area contributed by atoms with Gasteiger partial charge >= 0.3 is 0 Å². The molecule has 0 unspecified atom stereocenters. The Balaban J connectivity index is 2.00. The van der Waals surface area contributed by atoms with E-state index in [1.54, 1.807) is 4.90 Å². The maximum Gasteiger partial charge on any atom is 0.251 e. The lowest BCUT2D eigenvalue weighted by Crippen LogP contribution is -2.51. The van der Waals surface area contributed by atoms with Crippen molar-refractivity contribution in [2.45, 2.75) is 50.2 Å². The van der Waals surface area contributed by atoms with E-state index in [1.807, 2.05) is 6.92 Å². The van der Waals surface area contributed by atoms with E-state index in [0.29, 0.717) is 18.1 Å². The number of H-pyrrole nitrogens is 1. The molecule has 1 aliphatic rings. The average molecular weight is 338 g/mol. The number of thioether (sulfide) groups is 1. The topological polar surface area (TPSA) is 109 Å². The van der Waals surface area contributed by atoms with Gasteiger partial charge in [-0.25, -0.2) is 4.98 Å². The molecule has 1 aliphatic heterocycles. The quantitative estimate of drug-likeness (QED) is 0.585. The highest BCUT2D eigenvalue weighted by Crippen LogP contribution is 2.20. The summed E-state index contributed by atoms with van der Waals surface area (Å²) in [7, 11) is 0. The van der Waals surface area contributed by atoms with Crippen molar-refractivity contribution in [3.05, 3.63) is 22.1 Å². The average Bonchev–Trinajstić information content (AvgIpc) is 2.52. The largest absolute Gasteiger partial charge is 0.368 e. The van der Waals surface area contributed by atoms with Gasteiger partial charge in [0, 0.05) is 18.3 Å². The molecule has 126 valence electrons. The number of hydrogen-bond acceptors (Lipinski definition) is 5. The van der Waals surface area contributed by atoms with Crippen molar-refractivity contribution in [2.75, 3.05) is 12.3 Å². The number of aromatic nitrogens is 2. The minimum atomic E-state index is -0.518. The smallest absolute Gasteiger partial charge is 0.251 e. The number of aryl methyl sites for hydroxylation is 1. The van der Waals surface area contributed by atoms with E-state index in [-0.39, 0.29) is 17.2 Å². The highest BCUT2D eigenvalue weighted by Gasteiger charge is 2.30. The monoisotopic (exact) mass is 338 g/mol. The molecule has 1 aromatic heterocycles. The molecule has 1 atom stereocenters. The zero-order valence-electron chi connectivity index (χ0n) is 13.2. The first kappa shape index (κ1) is 17.5. The van der Waals surface area contributed by atoms with Crippen molar-refractivity contribution in [2.24, 2.45) is 5.73 Å². The summed E-state index contributed by atoms with van der Waals surface area (Å²) in [4.78, 5) is 44.0. The molecule has 0 bridgehead atoms. The summed E-state index contributed by atoms with van der Waals surface area (Å²) < 4.78 is 0. The molecule has 1 fully saturated rings. The molecule has 8 heteroatoms. The van der Waals surface area contributed by atoms with Crippen LogP contribution in [-0.2, 0) is 16.0 Å². The number of nitrogens with zero attached hydrogens (tertiary/aromatic N) is 2. The second-order valence-corrected chi connectivity index (χ2v) is 6.55. The van der Waals surface area contributed by atoms with E-state index in [9.17, 15) is 14.4 Å². The molecule has 2 heterocycles. The van der Waals surface area contributed by atoms with E-state index in [0.717, 1.165) is 31.4 Å². The lowest BCUT2D eigenvalue weighted by Gasteiger charge is -2.33. The fourth-order valence-corrected chi connectivity index (χ4v) is 3.46. The molecule has 1 saturated heterocycles. The third-order valence-corrected chi connectivity index (χ3v) is 4.62. The minimum Gasteiger partial charge on any atom is -0.368 e. The highest BCUT2D eigenvalue weighted by molar-refractivity contribution is 7.99. The number of amides is 2. The van der Waals surface area contributed by atoms with Crippen LogP contribution < -0.4 is 11.3 Å². The van der Waals surface area contributed by atoms with Gasteiger partial charge in [0.05, 0.1) is 5.75 Å². The maximum absolute atomic E-state index is 12.4. The van der Waals surface area contributed by atoms with Crippen molar-refractivity contribution in [1.29, 1.82) is 0 Å². The van der Waals surface area contributed by atoms with Crippen LogP contribution in [0.3, 0.4) is 0 Å². The number of likely N-dealkylation sites (tertiary alicyclic amines) is 1. The summed E-state index contributed by atoms with van der Waals surface area (Å²) in [5, 5.41) is 0.432. The van der Waals surface area contributed by atoms with Gasteiger partial charge in [-0.05, 0) is 25.7 Å². The molecule has 0 radical (unpaired) electrons. The molecule has 3 N–H and O–H groups in total. The van der Waals surface area contributed by atoms with E-state index >= 15 is 0 Å². The normalized spacial score (nSPS) is 18.0. The third-order valence-electron chi connectivity index (χ3n) is 3.76. The van der Waals surface area contributed by atoms with Gasteiger partial charge in [0.25, 0.3) is 5.56 Å². The molecule has 0 spiro atoms. The zero-order chi connectivity index (χ0) is 16.8. The predicted octanol–water partition coefficient (Wildman–Crippen LogP) is 0.681. The first-order chi connectivity index (χ1) is 11.0. The number of rotatable bonds is 6. The van der Waals surface area contributed by atoms with Crippen molar-refractivity contribution in [3.8, 4) is 0 Å². The van der Waals surface area contributed by atoms with Crippen LogP contribution in [0.1, 0.15) is 38.3 Å². The Kier molecular flexibility index (Phi) is 6.20. The Labute approximate surface area is 139 Å². The molecule has 1 aromatic rings. The lowest BCUT2D eigenvalue weighted by atomic mass is 10.0. The van der Waals surface area contributed by atoms with Crippen molar-refractivity contribution < 1.29 is 9.59 Å². The van der Waals surface area contributed by atoms with Gasteiger partial charge < -0.3 is 15.6 Å². The number of carbonyl (C=O) groups is 2. The van der Waals surface area contributed by atoms with Crippen LogP contribution in [0.5, 0.6) is 0 Å². The second-order valence-electron chi connectivity index (χ2n) is 5.58. The Bertz CT molecular complexity index is 631. The summed E-state index contributed by atoms with van der Waals surface area (Å²) in [5.74, 6) is -0.482. The standard InChI is InChI=1S/C15H22N4O3S/c1-2-5-10-8-12(20)18-15(17-10)23-9-13(21)19-7-4-3-6-11(19)14(16)22/h8,11H,2-7,9H2,1H3,(H2,16,22)(H,17,18,20)/t11-/m0/s1. The third kappa shape index (κ3) is 4.82. The van der Waals surface area contributed by atoms with Crippen LogP contribution in [0, 0.1) is 0 Å². The van der Waals surface area contributed by atoms with Gasteiger partial charge in [-0.2, -0.15) is 0 Å². The van der Waals surface area contributed by atoms with Crippen LogP contribution in [-0.4, -0.2) is 45.0 Å². The van der Waals surface area contributed by atoms with Crippen LogP contribution >= 0.6 is 11.8 Å². The van der Waals surface area contributed by atoms with E-state index in [1.165, 1.54) is 17.8 Å². The predicted molar refractivity (Wildman–Crippen MR) is 88.1 cm³/mol. The summed E-state index contributed by atoms with van der Waals surface area (Å²) in [6.45, 7) is 2.56. The summed E-state index contributed by atoms with van der Waals surface area (Å²) >= 11 is 1.18. The van der Waals surface area contributed by atoms with Crippen LogP contribution in [0.2, 0.25) is 0 Å². The van der Waals surface area contributed by atoms with Crippen LogP contribution in [0.25, 0.3) is 0 Å². The van der Waals surface area contributed by atoms with E-state index in [4.69, 9.17) is 5.73 Å². The summed E-state index contributed by atoms with van der Waals surface area (Å²) in [6, 6.07) is 0.957. The van der Waals surface area contributed by atoms with E-state index < -0.39 is 11.9 Å². The van der Waals surface area contributed by atoms with Crippen molar-refractivity contribution >= 4 is 23.6 Å². The minimum absolute atomic E-state index is 0.127. The molecule has 0 aromatic carbocycles. The van der Waals surface area contributed by atoms with Gasteiger partial charge in [-0.3, -0.25) is 14.4 Å². The Morgan fingerprint density at radius 2 is 2.26 bits per heavy atom. The molecule has 0 aliphatic carbocycles. The molecular formula is C15H22N4O3S. The number of piperidine rings is 1. The molecule has 7 nitrogen and oxygen atoms in total. The van der Waals surface area contributed by atoms with Crippen LogP contribution in [0.15, 0.2) is 16.0 Å². The van der Waals surface area contributed by atoms with Gasteiger partial charge in [-0.15, -0.1) is 0 Å². The van der Waals surface area contributed by atoms with Crippen molar-refractivity contribution in [3.63, 3.8) is 0 Å². The number of nitrogens with one attached hydrogen (secondary N) is 1. The molecule has 2 rings (SSSR count). The van der Waals surface area contributed by atoms with Crippen LogP contribution in [0.4, 0.5) is 0 Å². The highest BCUT2D eigenvalue weighted by atomic mass is 32.2. The maximum atomic E-state index is 12.4. The number of hydrogen-bond donors (Lipinski definition) is 2. The van der Waals surface area contributed by atoms with Gasteiger partial charge in [0.15, 0.2) is 5.16 Å². The Morgan fingerprint density at radius 1 is 1.48 bits per heavy atom. The number of primary amides is 1. The summed E-state index contributed by atoms with van der Waals surface area (Å²) in [5.41, 5.74) is 5.88. The van der Waals surface area contributed by atoms with Crippen molar-refractivity contribution in [1.82, 2.24) is 14.9 Å². The Hall–Kier alpha value is -1.83. The number of carbonyl (C=O) groups excluding carboxylic acids is 2. The Morgan fingerprint density at radius 3 is 2.96 bits per heavy atom.